The van der Waals surface area contributed by atoms with Gasteiger partial charge in [-0.15, -0.1) is 0 Å². The lowest BCUT2D eigenvalue weighted by Gasteiger charge is -2.37. The summed E-state index contributed by atoms with van der Waals surface area (Å²) < 4.78 is 23.6. The summed E-state index contributed by atoms with van der Waals surface area (Å²) in [5.41, 5.74) is 5.27. The number of methoxy groups -OCH3 is 2. The highest BCUT2D eigenvalue weighted by Crippen LogP contribution is 2.58. The van der Waals surface area contributed by atoms with Gasteiger partial charge < -0.3 is 39.0 Å². The second kappa shape index (κ2) is 20.5. The van der Waals surface area contributed by atoms with Crippen molar-refractivity contribution in [3.05, 3.63) is 196 Å². The Bertz CT molecular complexity index is 3270. The Labute approximate surface area is 408 Å². The van der Waals surface area contributed by atoms with Gasteiger partial charge in [0.15, 0.2) is 11.4 Å². The Morgan fingerprint density at radius 2 is 1.24 bits per heavy atom. The number of esters is 1. The number of hydrogen-bond acceptors (Lipinski definition) is 10. The fourth-order valence-corrected chi connectivity index (χ4v) is 9.40. The largest absolute Gasteiger partial charge is 0.507 e. The highest BCUT2D eigenvalue weighted by Gasteiger charge is 2.53. The number of carboxylic acid groups (broad SMARTS) is 1. The van der Waals surface area contributed by atoms with Crippen LogP contribution in [0.4, 0.5) is 11.4 Å². The maximum Gasteiger partial charge on any atom is 0.340 e. The van der Waals surface area contributed by atoms with Crippen molar-refractivity contribution < 1.29 is 43.5 Å². The van der Waals surface area contributed by atoms with Gasteiger partial charge in [0, 0.05) is 82.7 Å². The van der Waals surface area contributed by atoms with Crippen molar-refractivity contribution in [2.45, 2.75) is 40.2 Å². The highest BCUT2D eigenvalue weighted by atomic mass is 16.6. The topological polar surface area (TPSA) is 135 Å². The molecule has 11 nitrogen and oxygen atoms in total. The molecule has 11 heteroatoms. The molecule has 0 aliphatic carbocycles. The number of rotatable bonds is 11. The second-order valence-corrected chi connectivity index (χ2v) is 16.8. The molecule has 8 aromatic carbocycles. The van der Waals surface area contributed by atoms with E-state index in [2.05, 4.69) is 62.1 Å². The van der Waals surface area contributed by atoms with Crippen LogP contribution in [0.3, 0.4) is 0 Å². The average molecular weight is 937 g/mol. The third kappa shape index (κ3) is 8.94. The zero-order valence-electron chi connectivity index (χ0n) is 40.4. The second-order valence-electron chi connectivity index (χ2n) is 16.8. The molecule has 0 aromatic heterocycles. The molecule has 10 rings (SSSR count). The summed E-state index contributed by atoms with van der Waals surface area (Å²) in [6.45, 7) is 13.7. The summed E-state index contributed by atoms with van der Waals surface area (Å²) in [6, 6.07) is 47.0. The van der Waals surface area contributed by atoms with E-state index in [0.717, 1.165) is 76.5 Å². The summed E-state index contributed by atoms with van der Waals surface area (Å²) in [5.74, 6) is 0.965. The molecule has 0 radical (unpaired) electrons. The molecular weight excluding hydrogens is 881 g/mol. The molecule has 0 bridgehead atoms. The Balaban J connectivity index is 0.000000157. The number of ketones is 1. The number of ether oxygens (including phenoxy) is 4. The number of aryl methyl sites for hydroxylation is 1. The highest BCUT2D eigenvalue weighted by molar-refractivity contribution is 6.15. The van der Waals surface area contributed by atoms with Gasteiger partial charge in [-0.2, -0.15) is 0 Å². The van der Waals surface area contributed by atoms with Gasteiger partial charge in [-0.3, -0.25) is 4.79 Å². The van der Waals surface area contributed by atoms with Crippen molar-refractivity contribution in [1.29, 1.82) is 0 Å². The van der Waals surface area contributed by atoms with Crippen molar-refractivity contribution in [3.8, 4) is 28.7 Å². The van der Waals surface area contributed by atoms with E-state index in [4.69, 9.17) is 18.9 Å². The normalized spacial score (nSPS) is 13.8. The number of nitrogens with zero attached hydrogens (tertiary/aromatic N) is 2. The van der Waals surface area contributed by atoms with E-state index < -0.39 is 17.4 Å². The van der Waals surface area contributed by atoms with Crippen LogP contribution in [0.25, 0.3) is 21.5 Å². The summed E-state index contributed by atoms with van der Waals surface area (Å²) in [7, 11) is 3.36. The molecule has 0 amide bonds. The van der Waals surface area contributed by atoms with Gasteiger partial charge in [0.25, 0.3) is 0 Å². The summed E-state index contributed by atoms with van der Waals surface area (Å²) in [6.07, 6.45) is 0. The number of carbonyl (C=O) groups is 3. The van der Waals surface area contributed by atoms with Gasteiger partial charge in [-0.05, 0) is 112 Å². The molecule has 2 aliphatic rings. The molecule has 2 aliphatic heterocycles. The monoisotopic (exact) mass is 936 g/mol. The predicted octanol–water partition coefficient (Wildman–Crippen LogP) is 12.6. The van der Waals surface area contributed by atoms with Crippen molar-refractivity contribution >= 4 is 50.6 Å². The number of phenols is 1. The van der Waals surface area contributed by atoms with E-state index in [1.54, 1.807) is 32.4 Å². The first-order valence-corrected chi connectivity index (χ1v) is 23.4. The molecule has 70 heavy (non-hydrogen) atoms. The van der Waals surface area contributed by atoms with E-state index in [1.165, 1.54) is 40.6 Å². The van der Waals surface area contributed by atoms with Gasteiger partial charge in [0.1, 0.15) is 28.7 Å². The molecule has 356 valence electrons. The molecule has 0 saturated carbocycles. The minimum Gasteiger partial charge on any atom is -0.507 e. The maximum atomic E-state index is 13.1. The smallest absolute Gasteiger partial charge is 0.340 e. The summed E-state index contributed by atoms with van der Waals surface area (Å²) in [5, 5.41) is 23.7. The number of carbonyl (C=O) groups excluding carboxylic acids is 2. The van der Waals surface area contributed by atoms with Crippen LogP contribution in [-0.2, 0) is 10.3 Å². The molecule has 2 heterocycles. The minimum atomic E-state index is -1.17. The first kappa shape index (κ1) is 48.2. The number of carboxylic acids is 1. The Kier molecular flexibility index (Phi) is 14.1. The summed E-state index contributed by atoms with van der Waals surface area (Å²) in [4.78, 5) is 41.2. The van der Waals surface area contributed by atoms with Crippen molar-refractivity contribution in [1.82, 2.24) is 0 Å². The molecular formula is C59H56N2O9. The zero-order valence-corrected chi connectivity index (χ0v) is 40.4. The van der Waals surface area contributed by atoms with E-state index in [0.29, 0.717) is 17.1 Å². The number of hydrogen-bond donors (Lipinski definition) is 2. The fourth-order valence-electron chi connectivity index (χ4n) is 9.40. The maximum absolute atomic E-state index is 13.1. The Morgan fingerprint density at radius 1 is 0.600 bits per heavy atom. The number of anilines is 2. The molecule has 1 atom stereocenters. The summed E-state index contributed by atoms with van der Waals surface area (Å²) >= 11 is 0. The van der Waals surface area contributed by atoms with Crippen LogP contribution in [0, 0.1) is 6.92 Å². The van der Waals surface area contributed by atoms with Gasteiger partial charge >= 0.3 is 11.9 Å². The molecule has 0 fully saturated rings. The van der Waals surface area contributed by atoms with Crippen LogP contribution in [0.5, 0.6) is 28.7 Å². The van der Waals surface area contributed by atoms with Crippen LogP contribution < -0.4 is 24.0 Å². The van der Waals surface area contributed by atoms with Crippen LogP contribution in [0.2, 0.25) is 0 Å². The molecule has 8 aromatic rings. The number of benzene rings is 8. The van der Waals surface area contributed by atoms with Gasteiger partial charge in [0.05, 0.1) is 30.9 Å². The van der Waals surface area contributed by atoms with E-state index in [9.17, 15) is 24.6 Å². The predicted molar refractivity (Wildman–Crippen MR) is 276 cm³/mol. The number of aromatic hydroxyl groups is 1. The third-order valence-electron chi connectivity index (χ3n) is 13.0. The molecule has 1 unspecified atom stereocenters. The SMILES string of the molecule is CCN(CC)c1ccc(C(=O)c2ccccc2C(=O)O)c(O)c1.CCN(CC)c1ccc2c(c1)Oc1c(ccc3cc(OC)ccc13)C21OC(=O)c2ccccc21.COc1cccc2cc(C)ccc12. The van der Waals surface area contributed by atoms with Crippen LogP contribution in [0.15, 0.2) is 152 Å². The van der Waals surface area contributed by atoms with E-state index in [1.807, 2.05) is 91.5 Å². The average Bonchev–Trinajstić information content (AvgIpc) is 3.68. The van der Waals surface area contributed by atoms with Crippen molar-refractivity contribution in [3.63, 3.8) is 0 Å². The van der Waals surface area contributed by atoms with Crippen molar-refractivity contribution in [2.24, 2.45) is 0 Å². The number of aromatic carboxylic acids is 1. The number of fused-ring (bicyclic) bond motifs is 9. The van der Waals surface area contributed by atoms with Crippen LogP contribution in [0.1, 0.15) is 86.6 Å². The quantitative estimate of drug-likeness (QED) is 0.0948. The van der Waals surface area contributed by atoms with Crippen LogP contribution >= 0.6 is 0 Å². The van der Waals surface area contributed by atoms with Crippen LogP contribution in [-0.4, -0.2) is 68.3 Å². The Hall–Kier alpha value is -8.31. The third-order valence-corrected chi connectivity index (χ3v) is 13.0. The fraction of sp³-hybridized carbons (Fsp3) is 0.203. The lowest BCUT2D eigenvalue weighted by molar-refractivity contribution is 0.0225. The lowest BCUT2D eigenvalue weighted by Crippen LogP contribution is -2.33. The first-order valence-electron chi connectivity index (χ1n) is 23.4. The first-order chi connectivity index (χ1) is 33.9. The van der Waals surface area contributed by atoms with Crippen molar-refractivity contribution in [2.75, 3.05) is 50.2 Å². The van der Waals surface area contributed by atoms with Gasteiger partial charge in [0.2, 0.25) is 0 Å². The molecule has 0 saturated heterocycles. The molecule has 1 spiro atoms. The lowest BCUT2D eigenvalue weighted by atomic mass is 9.77. The molecule has 2 N–H and O–H groups in total. The zero-order chi connectivity index (χ0) is 49.7. The Morgan fingerprint density at radius 3 is 1.93 bits per heavy atom. The minimum absolute atomic E-state index is 0.0610. The van der Waals surface area contributed by atoms with E-state index in [-0.39, 0.29) is 28.4 Å². The van der Waals surface area contributed by atoms with Gasteiger partial charge in [-0.1, -0.05) is 78.4 Å². The van der Waals surface area contributed by atoms with E-state index >= 15 is 0 Å². The number of phenolic OH excluding ortho intramolecular Hbond substituents is 1. The van der Waals surface area contributed by atoms with Gasteiger partial charge in [-0.25, -0.2) is 9.59 Å². The standard InChI is InChI=1S/C29H25NO4.C18H19NO4.C12H12O/c1-4-30(5-2)19-11-15-24-26(17-19)33-27-21-13-12-20(32-3)16-18(21)10-14-25(27)29(24)23-9-7-6-8-22(23)28(31)34-29;1-3-19(4-2)12-9-10-15(16(20)11-12)17(21)13-7-5-6-8-14(13)18(22)23;1-9-6-7-11-10(8-9)4-3-5-12(11)13-2/h6-17H,4-5H2,1-3H3;5-11,20H,3-4H2,1-2H3,(H,22,23);3-8H,1-2H3.